The molecule has 5 heteroatoms. The molecule has 3 N–H and O–H groups in total. The highest BCUT2D eigenvalue weighted by molar-refractivity contribution is 7.18. The predicted molar refractivity (Wildman–Crippen MR) is 98.3 cm³/mol. The van der Waals surface area contributed by atoms with E-state index in [1.54, 1.807) is 11.3 Å². The van der Waals surface area contributed by atoms with Gasteiger partial charge in [-0.3, -0.25) is 4.79 Å². The fourth-order valence-electron chi connectivity index (χ4n) is 2.72. The molecule has 3 aromatic rings. The van der Waals surface area contributed by atoms with Crippen LogP contribution in [-0.4, -0.2) is 16.9 Å². The number of thiazole rings is 1. The number of carbonyl (C=O) groups excluding carboxylic acids is 1. The molecule has 0 spiro atoms. The van der Waals surface area contributed by atoms with Crippen molar-refractivity contribution in [1.29, 1.82) is 0 Å². The third-order valence-electron chi connectivity index (χ3n) is 4.23. The van der Waals surface area contributed by atoms with Crippen molar-refractivity contribution in [2.24, 2.45) is 5.73 Å². The summed E-state index contributed by atoms with van der Waals surface area (Å²) in [6.45, 7) is 0. The molecule has 1 saturated carbocycles. The van der Waals surface area contributed by atoms with Crippen LogP contribution in [0.3, 0.4) is 0 Å². The van der Waals surface area contributed by atoms with E-state index in [1.165, 1.54) is 17.8 Å². The first kappa shape index (κ1) is 15.3. The second-order valence-corrected chi connectivity index (χ2v) is 7.36. The van der Waals surface area contributed by atoms with Crippen molar-refractivity contribution >= 4 is 33.1 Å². The molecule has 0 unspecified atom stereocenters. The Morgan fingerprint density at radius 2 is 2.04 bits per heavy atom. The molecule has 4 nitrogen and oxygen atoms in total. The lowest BCUT2D eigenvalue weighted by molar-refractivity contribution is -0.117. The van der Waals surface area contributed by atoms with Crippen LogP contribution in [0.15, 0.2) is 48.5 Å². The van der Waals surface area contributed by atoms with E-state index in [2.05, 4.69) is 10.3 Å². The summed E-state index contributed by atoms with van der Waals surface area (Å²) in [4.78, 5) is 17.0. The van der Waals surface area contributed by atoms with Gasteiger partial charge >= 0.3 is 0 Å². The number of benzene rings is 2. The van der Waals surface area contributed by atoms with E-state index >= 15 is 0 Å². The number of hydrogen-bond acceptors (Lipinski definition) is 4. The first-order chi connectivity index (χ1) is 11.7. The summed E-state index contributed by atoms with van der Waals surface area (Å²) in [5.74, 6) is 0.491. The number of hydrogen-bond donors (Lipinski definition) is 2. The average molecular weight is 337 g/mol. The molecule has 122 valence electrons. The quantitative estimate of drug-likeness (QED) is 0.746. The number of nitrogens with zero attached hydrogens (tertiary/aromatic N) is 1. The molecule has 1 amide bonds. The lowest BCUT2D eigenvalue weighted by Crippen LogP contribution is -2.37. The molecule has 4 rings (SSSR count). The minimum atomic E-state index is -0.563. The number of carbonyl (C=O) groups is 1. The van der Waals surface area contributed by atoms with E-state index in [1.807, 2.05) is 48.5 Å². The highest BCUT2D eigenvalue weighted by Crippen LogP contribution is 2.43. The van der Waals surface area contributed by atoms with Crippen LogP contribution in [0.25, 0.3) is 10.2 Å². The van der Waals surface area contributed by atoms with Crippen molar-refractivity contribution in [3.63, 3.8) is 0 Å². The van der Waals surface area contributed by atoms with Crippen molar-refractivity contribution < 1.29 is 4.79 Å². The fourth-order valence-corrected chi connectivity index (χ4v) is 3.90. The summed E-state index contributed by atoms with van der Waals surface area (Å²) in [5, 5.41) is 4.14. The molecule has 1 aromatic heterocycles. The maximum Gasteiger partial charge on any atom is 0.241 e. The Labute approximate surface area is 144 Å². The zero-order valence-electron chi connectivity index (χ0n) is 13.2. The van der Waals surface area contributed by atoms with E-state index < -0.39 is 6.04 Å². The van der Waals surface area contributed by atoms with Crippen molar-refractivity contribution in [3.05, 3.63) is 59.1 Å². The molecule has 2 aromatic carbocycles. The van der Waals surface area contributed by atoms with Crippen molar-refractivity contribution in [2.45, 2.75) is 31.2 Å². The maximum absolute atomic E-state index is 12.3. The first-order valence-electron chi connectivity index (χ1n) is 8.20. The zero-order valence-corrected chi connectivity index (χ0v) is 14.1. The number of fused-ring (bicyclic) bond motifs is 1. The van der Waals surface area contributed by atoms with Gasteiger partial charge in [-0.1, -0.05) is 30.3 Å². The summed E-state index contributed by atoms with van der Waals surface area (Å²) in [6.07, 6.45) is 3.02. The van der Waals surface area contributed by atoms with Gasteiger partial charge in [0.05, 0.1) is 21.3 Å². The molecule has 24 heavy (non-hydrogen) atoms. The third kappa shape index (κ3) is 3.32. The summed E-state index contributed by atoms with van der Waals surface area (Å²) < 4.78 is 1.12. The molecule has 1 aliphatic carbocycles. The lowest BCUT2D eigenvalue weighted by atomic mass is 10.1. The minimum Gasteiger partial charge on any atom is -0.325 e. The molecule has 1 atom stereocenters. The van der Waals surface area contributed by atoms with Crippen LogP contribution < -0.4 is 11.1 Å². The Bertz CT molecular complexity index is 871. The Balaban J connectivity index is 1.45. The SMILES string of the molecule is N[C@@H](Cc1ccccc1)C(=O)Nc1ccc2nc(C3CC3)sc2c1. The predicted octanol–water partition coefficient (Wildman–Crippen LogP) is 3.68. The summed E-state index contributed by atoms with van der Waals surface area (Å²) in [6, 6.07) is 15.1. The fraction of sp³-hybridized carbons (Fsp3) is 0.263. The van der Waals surface area contributed by atoms with E-state index in [0.717, 1.165) is 21.5 Å². The zero-order chi connectivity index (χ0) is 16.5. The normalized spacial score (nSPS) is 15.4. The van der Waals surface area contributed by atoms with Gasteiger partial charge in [0.2, 0.25) is 5.91 Å². The van der Waals surface area contributed by atoms with E-state index in [0.29, 0.717) is 12.3 Å². The van der Waals surface area contributed by atoms with Crippen LogP contribution in [0.5, 0.6) is 0 Å². The van der Waals surface area contributed by atoms with Gasteiger partial charge in [0, 0.05) is 11.6 Å². The maximum atomic E-state index is 12.3. The summed E-state index contributed by atoms with van der Waals surface area (Å²) in [5.41, 5.74) is 8.89. The summed E-state index contributed by atoms with van der Waals surface area (Å²) >= 11 is 1.73. The van der Waals surface area contributed by atoms with Gasteiger partial charge in [0.15, 0.2) is 0 Å². The standard InChI is InChI=1S/C19H19N3OS/c20-15(10-12-4-2-1-3-5-12)18(23)21-14-8-9-16-17(11-14)24-19(22-16)13-6-7-13/h1-5,8-9,11,13,15H,6-7,10,20H2,(H,21,23)/t15-/m0/s1. The lowest BCUT2D eigenvalue weighted by Gasteiger charge is -2.12. The Kier molecular flexibility index (Phi) is 4.04. The molecule has 1 fully saturated rings. The first-order valence-corrected chi connectivity index (χ1v) is 9.01. The molecular formula is C19H19N3OS. The van der Waals surface area contributed by atoms with Gasteiger partial charge < -0.3 is 11.1 Å². The van der Waals surface area contributed by atoms with Crippen LogP contribution in [0.1, 0.15) is 29.3 Å². The van der Waals surface area contributed by atoms with E-state index in [4.69, 9.17) is 5.73 Å². The van der Waals surface area contributed by atoms with Crippen LogP contribution in [-0.2, 0) is 11.2 Å². The van der Waals surface area contributed by atoms with Gasteiger partial charge in [-0.15, -0.1) is 11.3 Å². The van der Waals surface area contributed by atoms with Crippen LogP contribution >= 0.6 is 11.3 Å². The van der Waals surface area contributed by atoms with Crippen LogP contribution in [0, 0.1) is 0 Å². The average Bonchev–Trinajstić information content (AvgIpc) is 3.35. The van der Waals surface area contributed by atoms with E-state index in [-0.39, 0.29) is 5.91 Å². The largest absolute Gasteiger partial charge is 0.325 e. The molecule has 0 radical (unpaired) electrons. The molecule has 1 heterocycles. The third-order valence-corrected chi connectivity index (χ3v) is 5.41. The second-order valence-electron chi connectivity index (χ2n) is 6.29. The van der Waals surface area contributed by atoms with Gasteiger partial charge in [0.25, 0.3) is 0 Å². The number of rotatable bonds is 5. The number of anilines is 1. The molecular weight excluding hydrogens is 318 g/mol. The Hall–Kier alpha value is -2.24. The summed E-state index contributed by atoms with van der Waals surface area (Å²) in [7, 11) is 0. The number of aromatic nitrogens is 1. The smallest absolute Gasteiger partial charge is 0.241 e. The van der Waals surface area contributed by atoms with Crippen molar-refractivity contribution in [1.82, 2.24) is 4.98 Å². The topological polar surface area (TPSA) is 68.0 Å². The van der Waals surface area contributed by atoms with Gasteiger partial charge in [-0.2, -0.15) is 0 Å². The molecule has 0 bridgehead atoms. The highest BCUT2D eigenvalue weighted by Gasteiger charge is 2.27. The van der Waals surface area contributed by atoms with Gasteiger partial charge in [-0.25, -0.2) is 4.98 Å². The molecule has 1 aliphatic rings. The van der Waals surface area contributed by atoms with Crippen LogP contribution in [0.4, 0.5) is 5.69 Å². The van der Waals surface area contributed by atoms with Crippen LogP contribution in [0.2, 0.25) is 0 Å². The van der Waals surface area contributed by atoms with Crippen molar-refractivity contribution in [2.75, 3.05) is 5.32 Å². The number of nitrogens with one attached hydrogen (secondary N) is 1. The van der Waals surface area contributed by atoms with E-state index in [9.17, 15) is 4.79 Å². The monoisotopic (exact) mass is 337 g/mol. The van der Waals surface area contributed by atoms with Crippen molar-refractivity contribution in [3.8, 4) is 0 Å². The molecule has 0 saturated heterocycles. The minimum absolute atomic E-state index is 0.162. The molecule has 0 aliphatic heterocycles. The Morgan fingerprint density at radius 3 is 2.79 bits per heavy atom. The Morgan fingerprint density at radius 1 is 1.25 bits per heavy atom. The van der Waals surface area contributed by atoms with Gasteiger partial charge in [-0.05, 0) is 43.0 Å². The number of amides is 1. The second kappa shape index (κ2) is 6.34. The van der Waals surface area contributed by atoms with Gasteiger partial charge in [0.1, 0.15) is 0 Å². The highest BCUT2D eigenvalue weighted by atomic mass is 32.1. The number of nitrogens with two attached hydrogens (primary N) is 1.